The maximum absolute atomic E-state index is 11.6. The Hall–Kier alpha value is -3.22. The maximum Gasteiger partial charge on any atom is 0.336 e. The first-order chi connectivity index (χ1) is 9.93. The van der Waals surface area contributed by atoms with E-state index in [9.17, 15) is 19.7 Å². The molecule has 106 valence electrons. The van der Waals surface area contributed by atoms with Crippen LogP contribution in [0.1, 0.15) is 20.7 Å². The largest absolute Gasteiger partial charge is 0.478 e. The molecule has 2 rings (SSSR count). The van der Waals surface area contributed by atoms with Crippen LogP contribution in [-0.4, -0.2) is 21.9 Å². The average Bonchev–Trinajstić information content (AvgIpc) is 2.46. The molecule has 0 unspecified atom stereocenters. The van der Waals surface area contributed by atoms with Gasteiger partial charge in [0, 0.05) is 6.07 Å². The highest BCUT2D eigenvalue weighted by Crippen LogP contribution is 2.35. The number of benzene rings is 2. The lowest BCUT2D eigenvalue weighted by Crippen LogP contribution is -2.18. The molecule has 0 aliphatic carbocycles. The lowest BCUT2D eigenvalue weighted by Gasteiger charge is -2.10. The van der Waals surface area contributed by atoms with Crippen LogP contribution in [0.25, 0.3) is 11.1 Å². The highest BCUT2D eigenvalue weighted by Gasteiger charge is 2.27. The number of carboxylic acids is 1. The van der Waals surface area contributed by atoms with Crippen LogP contribution in [0.3, 0.4) is 0 Å². The quantitative estimate of drug-likeness (QED) is 0.657. The first kappa shape index (κ1) is 14.2. The minimum atomic E-state index is -1.38. The van der Waals surface area contributed by atoms with Crippen LogP contribution in [0.5, 0.6) is 0 Å². The Balaban J connectivity index is 2.92. The van der Waals surface area contributed by atoms with Crippen molar-refractivity contribution < 1.29 is 19.6 Å². The molecule has 0 radical (unpaired) electrons. The second-order valence-corrected chi connectivity index (χ2v) is 4.17. The molecule has 7 heteroatoms. The van der Waals surface area contributed by atoms with Crippen LogP contribution in [0.4, 0.5) is 5.69 Å². The average molecular weight is 286 g/mol. The van der Waals surface area contributed by atoms with Crippen molar-refractivity contribution in [2.45, 2.75) is 0 Å². The van der Waals surface area contributed by atoms with Gasteiger partial charge in [-0.25, -0.2) is 4.79 Å². The molecule has 7 nitrogen and oxygen atoms in total. The third kappa shape index (κ3) is 2.57. The van der Waals surface area contributed by atoms with E-state index in [1.807, 2.05) is 0 Å². The van der Waals surface area contributed by atoms with Gasteiger partial charge in [0.05, 0.1) is 21.6 Å². The van der Waals surface area contributed by atoms with Crippen LogP contribution in [0.15, 0.2) is 42.5 Å². The summed E-state index contributed by atoms with van der Waals surface area (Å²) in [7, 11) is 0. The van der Waals surface area contributed by atoms with Gasteiger partial charge in [-0.2, -0.15) is 0 Å². The van der Waals surface area contributed by atoms with Gasteiger partial charge in [-0.05, 0) is 11.6 Å². The normalized spacial score (nSPS) is 10.1. The van der Waals surface area contributed by atoms with E-state index >= 15 is 0 Å². The van der Waals surface area contributed by atoms with Crippen LogP contribution in [-0.2, 0) is 0 Å². The molecule has 2 aromatic carbocycles. The van der Waals surface area contributed by atoms with Crippen molar-refractivity contribution in [3.63, 3.8) is 0 Å². The number of nitro groups is 1. The Morgan fingerprint density at radius 3 is 2.19 bits per heavy atom. The first-order valence-corrected chi connectivity index (χ1v) is 5.83. The Kier molecular flexibility index (Phi) is 3.66. The number of hydrogen-bond acceptors (Lipinski definition) is 4. The first-order valence-electron chi connectivity index (χ1n) is 5.83. The summed E-state index contributed by atoms with van der Waals surface area (Å²) >= 11 is 0. The van der Waals surface area contributed by atoms with Gasteiger partial charge >= 0.3 is 5.97 Å². The van der Waals surface area contributed by atoms with Gasteiger partial charge in [0.1, 0.15) is 0 Å². The van der Waals surface area contributed by atoms with Crippen molar-refractivity contribution in [1.82, 2.24) is 0 Å². The molecular weight excluding hydrogens is 276 g/mol. The zero-order valence-corrected chi connectivity index (χ0v) is 10.6. The summed E-state index contributed by atoms with van der Waals surface area (Å²) in [6.45, 7) is 0. The molecule has 0 aliphatic rings. The smallest absolute Gasteiger partial charge is 0.336 e. The summed E-state index contributed by atoms with van der Waals surface area (Å²) in [5, 5.41) is 20.3. The molecule has 21 heavy (non-hydrogen) atoms. The molecule has 3 N–H and O–H groups in total. The number of carboxylic acid groups (broad SMARTS) is 1. The summed E-state index contributed by atoms with van der Waals surface area (Å²) in [5.74, 6) is -2.41. The Morgan fingerprint density at radius 2 is 1.71 bits per heavy atom. The Bertz CT molecular complexity index is 741. The third-order valence-electron chi connectivity index (χ3n) is 2.92. The molecule has 0 aromatic heterocycles. The van der Waals surface area contributed by atoms with E-state index in [0.29, 0.717) is 5.56 Å². The fourth-order valence-electron chi connectivity index (χ4n) is 2.08. The van der Waals surface area contributed by atoms with Gasteiger partial charge in [-0.3, -0.25) is 14.9 Å². The van der Waals surface area contributed by atoms with E-state index < -0.39 is 16.8 Å². The second-order valence-electron chi connectivity index (χ2n) is 4.17. The molecule has 0 atom stereocenters. The molecule has 0 fully saturated rings. The summed E-state index contributed by atoms with van der Waals surface area (Å²) in [5.41, 5.74) is 4.38. The van der Waals surface area contributed by atoms with Gasteiger partial charge in [0.2, 0.25) is 5.91 Å². The number of primary amides is 1. The monoisotopic (exact) mass is 286 g/mol. The van der Waals surface area contributed by atoms with Gasteiger partial charge in [0.15, 0.2) is 0 Å². The number of carbonyl (C=O) groups excluding carboxylic acids is 1. The van der Waals surface area contributed by atoms with E-state index in [1.165, 1.54) is 0 Å². The number of rotatable bonds is 4. The number of nitro benzene ring substituents is 1. The molecule has 1 amide bonds. The zero-order valence-electron chi connectivity index (χ0n) is 10.6. The molecule has 0 spiro atoms. The Labute approximate surface area is 118 Å². The topological polar surface area (TPSA) is 124 Å². The number of nitrogens with two attached hydrogens (primary N) is 1. The van der Waals surface area contributed by atoms with Gasteiger partial charge in [-0.1, -0.05) is 30.3 Å². The van der Waals surface area contributed by atoms with Crippen molar-refractivity contribution in [2.75, 3.05) is 0 Å². The number of hydrogen-bond donors (Lipinski definition) is 2. The summed E-state index contributed by atoms with van der Waals surface area (Å²) in [4.78, 5) is 33.3. The van der Waals surface area contributed by atoms with E-state index in [-0.39, 0.29) is 22.4 Å². The van der Waals surface area contributed by atoms with E-state index in [1.54, 1.807) is 30.3 Å². The van der Waals surface area contributed by atoms with Crippen molar-refractivity contribution in [2.24, 2.45) is 5.73 Å². The van der Waals surface area contributed by atoms with Crippen molar-refractivity contribution in [1.29, 1.82) is 0 Å². The lowest BCUT2D eigenvalue weighted by atomic mass is 9.93. The predicted octanol–water partition coefficient (Wildman–Crippen LogP) is 2.06. The lowest BCUT2D eigenvalue weighted by molar-refractivity contribution is -0.384. The molecule has 0 heterocycles. The molecular formula is C14H10N2O5. The maximum atomic E-state index is 11.6. The molecule has 0 saturated carbocycles. The molecule has 0 aliphatic heterocycles. The summed E-state index contributed by atoms with van der Waals surface area (Å²) < 4.78 is 0. The van der Waals surface area contributed by atoms with Gasteiger partial charge < -0.3 is 10.8 Å². The fourth-order valence-corrected chi connectivity index (χ4v) is 2.08. The highest BCUT2D eigenvalue weighted by atomic mass is 16.6. The highest BCUT2D eigenvalue weighted by molar-refractivity contribution is 6.10. The van der Waals surface area contributed by atoms with E-state index in [2.05, 4.69) is 0 Å². The molecule has 2 aromatic rings. The number of aromatic carboxylic acids is 1. The van der Waals surface area contributed by atoms with Crippen molar-refractivity contribution >= 4 is 17.6 Å². The SMILES string of the molecule is NC(=O)c1c(C(=O)O)ccc([N+](=O)[O-])c1-c1ccccc1. The van der Waals surface area contributed by atoms with Crippen LogP contribution in [0, 0.1) is 10.1 Å². The second kappa shape index (κ2) is 5.41. The number of amides is 1. The van der Waals surface area contributed by atoms with E-state index in [4.69, 9.17) is 10.8 Å². The minimum absolute atomic E-state index is 0.0898. The van der Waals surface area contributed by atoms with Crippen LogP contribution < -0.4 is 5.73 Å². The minimum Gasteiger partial charge on any atom is -0.478 e. The summed E-state index contributed by atoms with van der Waals surface area (Å²) in [6, 6.07) is 10.1. The van der Waals surface area contributed by atoms with Gasteiger partial charge in [-0.15, -0.1) is 0 Å². The standard InChI is InChI=1S/C14H10N2O5/c15-13(17)12-9(14(18)19)6-7-10(16(20)21)11(12)8-4-2-1-3-5-8/h1-7H,(H2,15,17)(H,18,19). The summed E-state index contributed by atoms with van der Waals surface area (Å²) in [6.07, 6.45) is 0. The predicted molar refractivity (Wildman–Crippen MR) is 74.0 cm³/mol. The van der Waals surface area contributed by atoms with Crippen LogP contribution >= 0.6 is 0 Å². The molecule has 0 saturated heterocycles. The van der Waals surface area contributed by atoms with Gasteiger partial charge in [0.25, 0.3) is 5.69 Å². The Morgan fingerprint density at radius 1 is 1.10 bits per heavy atom. The fraction of sp³-hybridized carbons (Fsp3) is 0. The van der Waals surface area contributed by atoms with Crippen molar-refractivity contribution in [3.05, 3.63) is 63.7 Å². The zero-order chi connectivity index (χ0) is 15.6. The molecule has 0 bridgehead atoms. The number of nitrogens with zero attached hydrogens (tertiary/aromatic N) is 1. The van der Waals surface area contributed by atoms with Crippen LogP contribution in [0.2, 0.25) is 0 Å². The van der Waals surface area contributed by atoms with E-state index in [0.717, 1.165) is 12.1 Å². The number of carbonyl (C=O) groups is 2. The third-order valence-corrected chi connectivity index (χ3v) is 2.92. The van der Waals surface area contributed by atoms with Crippen molar-refractivity contribution in [3.8, 4) is 11.1 Å².